The molecule has 1 aromatic carbocycles. The number of aliphatic hydroxyl groups is 1. The number of aromatic nitrogens is 1. The Morgan fingerprint density at radius 3 is 2.58 bits per heavy atom. The van der Waals surface area contributed by atoms with Crippen molar-refractivity contribution in [2.75, 3.05) is 6.54 Å². The third kappa shape index (κ3) is 2.82. The summed E-state index contributed by atoms with van der Waals surface area (Å²) in [5, 5.41) is 10.2. The number of hydrogen-bond acceptors (Lipinski definition) is 5. The molecule has 1 amide bonds. The predicted molar refractivity (Wildman–Crippen MR) is 88.3 cm³/mol. The molecule has 124 valence electrons. The van der Waals surface area contributed by atoms with E-state index in [-0.39, 0.29) is 29.0 Å². The van der Waals surface area contributed by atoms with Crippen molar-refractivity contribution in [3.8, 4) is 10.4 Å². The smallest absolute Gasteiger partial charge is 0.289 e. The third-order valence-electron chi connectivity index (χ3n) is 3.80. The van der Waals surface area contributed by atoms with Gasteiger partial charge in [0.25, 0.3) is 5.91 Å². The van der Waals surface area contributed by atoms with E-state index in [9.17, 15) is 19.1 Å². The first-order chi connectivity index (χ1) is 11.4. The first-order valence-electron chi connectivity index (χ1n) is 7.38. The molecular weight excluding hydrogens is 331 g/mol. The fourth-order valence-electron chi connectivity index (χ4n) is 2.43. The van der Waals surface area contributed by atoms with Crippen molar-refractivity contribution in [2.24, 2.45) is 0 Å². The van der Waals surface area contributed by atoms with Crippen LogP contribution in [0.15, 0.2) is 41.8 Å². The zero-order valence-electron chi connectivity index (χ0n) is 13.1. The van der Waals surface area contributed by atoms with Gasteiger partial charge in [0.1, 0.15) is 5.82 Å². The molecule has 0 unspecified atom stereocenters. The Morgan fingerprint density at radius 2 is 2.00 bits per heavy atom. The summed E-state index contributed by atoms with van der Waals surface area (Å²) in [6.07, 6.45) is 1.53. The molecule has 0 saturated carbocycles. The van der Waals surface area contributed by atoms with E-state index < -0.39 is 17.4 Å². The molecule has 2 heterocycles. The summed E-state index contributed by atoms with van der Waals surface area (Å²) in [5.41, 5.74) is 0.811. The lowest BCUT2D eigenvalue weighted by atomic mass is 10.1. The van der Waals surface area contributed by atoms with E-state index >= 15 is 0 Å². The monoisotopic (exact) mass is 346 g/mol. The van der Waals surface area contributed by atoms with E-state index in [2.05, 4.69) is 4.98 Å². The zero-order valence-corrected chi connectivity index (χ0v) is 13.9. The largest absolute Gasteiger partial charge is 0.503 e. The molecule has 2 aromatic rings. The van der Waals surface area contributed by atoms with E-state index in [1.54, 1.807) is 12.1 Å². The summed E-state index contributed by atoms with van der Waals surface area (Å²) in [6.45, 7) is 3.70. The van der Waals surface area contributed by atoms with Gasteiger partial charge in [-0.3, -0.25) is 9.59 Å². The van der Waals surface area contributed by atoms with Crippen LogP contribution >= 0.6 is 11.3 Å². The summed E-state index contributed by atoms with van der Waals surface area (Å²) < 4.78 is 13.0. The van der Waals surface area contributed by atoms with E-state index in [0.29, 0.717) is 4.88 Å². The van der Waals surface area contributed by atoms with Gasteiger partial charge in [-0.2, -0.15) is 0 Å². The van der Waals surface area contributed by atoms with Crippen LogP contribution < -0.4 is 0 Å². The maximum absolute atomic E-state index is 13.0. The fourth-order valence-corrected chi connectivity index (χ4v) is 3.32. The molecule has 0 fully saturated rings. The van der Waals surface area contributed by atoms with Crippen molar-refractivity contribution in [1.82, 2.24) is 9.88 Å². The number of benzene rings is 1. The summed E-state index contributed by atoms with van der Waals surface area (Å²) in [4.78, 5) is 30.8. The van der Waals surface area contributed by atoms with Gasteiger partial charge in [-0.1, -0.05) is 12.1 Å². The van der Waals surface area contributed by atoms with Crippen molar-refractivity contribution in [1.29, 1.82) is 0 Å². The Balaban J connectivity index is 1.87. The Morgan fingerprint density at radius 1 is 1.33 bits per heavy atom. The van der Waals surface area contributed by atoms with Crippen LogP contribution in [0.4, 0.5) is 4.39 Å². The molecule has 3 rings (SSSR count). The minimum absolute atomic E-state index is 0.0636. The number of carbonyl (C=O) groups excluding carboxylic acids is 2. The lowest BCUT2D eigenvalue weighted by Gasteiger charge is -2.20. The van der Waals surface area contributed by atoms with Gasteiger partial charge >= 0.3 is 0 Å². The summed E-state index contributed by atoms with van der Waals surface area (Å²) in [6, 6.07) is 5.76. The first kappa shape index (κ1) is 16.3. The molecule has 0 saturated heterocycles. The second kappa shape index (κ2) is 6.16. The highest BCUT2D eigenvalue weighted by atomic mass is 32.1. The van der Waals surface area contributed by atoms with Crippen molar-refractivity contribution in [3.05, 3.63) is 52.6 Å². The van der Waals surface area contributed by atoms with E-state index in [1.807, 2.05) is 13.8 Å². The topological polar surface area (TPSA) is 70.5 Å². The molecule has 0 radical (unpaired) electrons. The van der Waals surface area contributed by atoms with Crippen LogP contribution in [-0.4, -0.2) is 39.3 Å². The van der Waals surface area contributed by atoms with Crippen molar-refractivity contribution >= 4 is 23.0 Å². The van der Waals surface area contributed by atoms with Crippen molar-refractivity contribution in [2.45, 2.75) is 19.9 Å². The number of amides is 1. The molecule has 0 spiro atoms. The molecule has 1 aliphatic rings. The van der Waals surface area contributed by atoms with Gasteiger partial charge in [-0.25, -0.2) is 9.37 Å². The van der Waals surface area contributed by atoms with Gasteiger partial charge in [0.2, 0.25) is 5.78 Å². The number of aliphatic hydroxyl groups excluding tert-OH is 1. The lowest BCUT2D eigenvalue weighted by molar-refractivity contribution is -0.129. The highest BCUT2D eigenvalue weighted by Crippen LogP contribution is 2.29. The van der Waals surface area contributed by atoms with Gasteiger partial charge in [-0.15, -0.1) is 11.3 Å². The summed E-state index contributed by atoms with van der Waals surface area (Å²) >= 11 is 1.14. The minimum Gasteiger partial charge on any atom is -0.503 e. The first-order valence-corrected chi connectivity index (χ1v) is 8.19. The standard InChI is InChI=1S/C17H15FN2O3S/c1-9(2)20-8-12(15(22)17(20)23)14(21)16-19-7-13(24-16)10-3-5-11(18)6-4-10/h3-7,9,22H,8H2,1-2H3. The molecule has 1 aromatic heterocycles. The van der Waals surface area contributed by atoms with Gasteiger partial charge < -0.3 is 10.0 Å². The molecule has 0 bridgehead atoms. The highest BCUT2D eigenvalue weighted by Gasteiger charge is 2.36. The summed E-state index contributed by atoms with van der Waals surface area (Å²) in [7, 11) is 0. The normalized spacial score (nSPS) is 14.8. The highest BCUT2D eigenvalue weighted by molar-refractivity contribution is 7.17. The maximum Gasteiger partial charge on any atom is 0.289 e. The summed E-state index contributed by atoms with van der Waals surface area (Å²) in [5.74, 6) is -1.84. The van der Waals surface area contributed by atoms with Crippen LogP contribution in [-0.2, 0) is 4.79 Å². The number of carbonyl (C=O) groups is 2. The molecular formula is C17H15FN2O3S. The number of thiazole rings is 1. The van der Waals surface area contributed by atoms with Crippen LogP contribution in [0, 0.1) is 5.82 Å². The van der Waals surface area contributed by atoms with Crippen LogP contribution in [0.25, 0.3) is 10.4 Å². The number of ketones is 1. The Kier molecular flexibility index (Phi) is 4.19. The molecule has 0 aliphatic carbocycles. The Hall–Kier alpha value is -2.54. The third-order valence-corrected chi connectivity index (χ3v) is 4.85. The van der Waals surface area contributed by atoms with Crippen LogP contribution in [0.2, 0.25) is 0 Å². The fraction of sp³-hybridized carbons (Fsp3) is 0.235. The maximum atomic E-state index is 13.0. The second-order valence-electron chi connectivity index (χ2n) is 5.72. The Labute approximate surface area is 142 Å². The van der Waals surface area contributed by atoms with E-state index in [0.717, 1.165) is 16.9 Å². The van der Waals surface area contributed by atoms with Crippen molar-refractivity contribution < 1.29 is 19.1 Å². The van der Waals surface area contributed by atoms with Gasteiger partial charge in [0, 0.05) is 12.2 Å². The SMILES string of the molecule is CC(C)N1CC(C(=O)c2ncc(-c3ccc(F)cc3)s2)=C(O)C1=O. The molecule has 0 atom stereocenters. The zero-order chi connectivity index (χ0) is 17.4. The van der Waals surface area contributed by atoms with Crippen LogP contribution in [0.5, 0.6) is 0 Å². The second-order valence-corrected chi connectivity index (χ2v) is 6.75. The van der Waals surface area contributed by atoms with Gasteiger partial charge in [0.15, 0.2) is 10.8 Å². The number of Topliss-reactive ketones (excluding diaryl/α,β-unsaturated/α-hetero) is 1. The number of hydrogen-bond donors (Lipinski definition) is 1. The predicted octanol–water partition coefficient (Wildman–Crippen LogP) is 3.19. The molecule has 1 aliphatic heterocycles. The Bertz CT molecular complexity index is 840. The molecule has 7 heteroatoms. The van der Waals surface area contributed by atoms with Gasteiger partial charge in [0.05, 0.1) is 17.0 Å². The minimum atomic E-state index is -0.538. The van der Waals surface area contributed by atoms with Gasteiger partial charge in [-0.05, 0) is 31.5 Å². The number of nitrogens with zero attached hydrogens (tertiary/aromatic N) is 2. The van der Waals surface area contributed by atoms with E-state index in [4.69, 9.17) is 0 Å². The molecule has 5 nitrogen and oxygen atoms in total. The molecule has 1 N–H and O–H groups in total. The molecule has 24 heavy (non-hydrogen) atoms. The van der Waals surface area contributed by atoms with E-state index in [1.165, 1.54) is 23.2 Å². The number of rotatable bonds is 4. The lowest BCUT2D eigenvalue weighted by Crippen LogP contribution is -2.34. The quantitative estimate of drug-likeness (QED) is 0.863. The van der Waals surface area contributed by atoms with Crippen LogP contribution in [0.1, 0.15) is 23.6 Å². The van der Waals surface area contributed by atoms with Crippen molar-refractivity contribution in [3.63, 3.8) is 0 Å². The van der Waals surface area contributed by atoms with Crippen LogP contribution in [0.3, 0.4) is 0 Å². The average molecular weight is 346 g/mol. The average Bonchev–Trinajstić information content (AvgIpc) is 3.14. The number of halogens is 1.